The predicted octanol–water partition coefficient (Wildman–Crippen LogP) is 4.19. The average molecular weight is 243 g/mol. The van der Waals surface area contributed by atoms with Gasteiger partial charge in [0, 0.05) is 11.8 Å². The second-order valence-electron chi connectivity index (χ2n) is 5.25. The molecule has 0 aliphatic carbocycles. The second-order valence-corrected chi connectivity index (χ2v) is 5.25. The lowest BCUT2D eigenvalue weighted by atomic mass is 9.88. The minimum absolute atomic E-state index is 0.455. The van der Waals surface area contributed by atoms with Crippen molar-refractivity contribution < 1.29 is 4.74 Å². The topological polar surface area (TPSA) is 22.1 Å². The quantitative estimate of drug-likeness (QED) is 0.777. The highest BCUT2D eigenvalue weighted by atomic mass is 16.5. The minimum Gasteiger partial charge on any atom is -0.473 e. The van der Waals surface area contributed by atoms with Crippen LogP contribution in [0.3, 0.4) is 0 Å². The Bertz CT molecular complexity index is 484. The second kappa shape index (κ2) is 5.38. The lowest BCUT2D eigenvalue weighted by Gasteiger charge is -2.21. The Morgan fingerprint density at radius 2 is 1.94 bits per heavy atom. The van der Waals surface area contributed by atoms with E-state index in [0.29, 0.717) is 18.4 Å². The number of hydrogen-bond acceptors (Lipinski definition) is 2. The molecule has 2 heteroatoms. The third-order valence-electron chi connectivity index (χ3n) is 3.21. The van der Waals surface area contributed by atoms with Crippen molar-refractivity contribution in [2.45, 2.75) is 33.6 Å². The summed E-state index contributed by atoms with van der Waals surface area (Å²) in [5.41, 5.74) is 3.81. The van der Waals surface area contributed by atoms with E-state index in [1.165, 1.54) is 16.7 Å². The molecule has 0 saturated heterocycles. The van der Waals surface area contributed by atoms with Gasteiger partial charge in [0.05, 0.1) is 0 Å². The predicted molar refractivity (Wildman–Crippen MR) is 75.8 cm³/mol. The molecule has 0 N–H and O–H groups in total. The van der Waals surface area contributed by atoms with Crippen LogP contribution in [-0.2, 0) is 0 Å². The zero-order chi connectivity index (χ0) is 13.1. The van der Waals surface area contributed by atoms with Crippen molar-refractivity contribution in [2.75, 3.05) is 6.61 Å². The van der Waals surface area contributed by atoms with Crippen molar-refractivity contribution in [3.8, 4) is 5.88 Å². The Morgan fingerprint density at radius 1 is 1.17 bits per heavy atom. The normalized spacial score (nSPS) is 19.6. The molecule has 0 fully saturated rings. The molecule has 2 nitrogen and oxygen atoms in total. The molecule has 1 aromatic heterocycles. The number of pyridine rings is 1. The van der Waals surface area contributed by atoms with Gasteiger partial charge in [0.15, 0.2) is 0 Å². The van der Waals surface area contributed by atoms with Crippen molar-refractivity contribution in [1.29, 1.82) is 0 Å². The van der Waals surface area contributed by atoms with Crippen LogP contribution in [0.1, 0.15) is 44.7 Å². The minimum atomic E-state index is 0.455. The van der Waals surface area contributed by atoms with E-state index >= 15 is 0 Å². The first kappa shape index (κ1) is 12.9. The highest BCUT2D eigenvalue weighted by Crippen LogP contribution is 2.36. The summed E-state index contributed by atoms with van der Waals surface area (Å²) >= 11 is 0. The van der Waals surface area contributed by atoms with Gasteiger partial charge in [0.1, 0.15) is 6.61 Å². The van der Waals surface area contributed by atoms with E-state index in [1.807, 2.05) is 12.3 Å². The molecule has 0 radical (unpaired) electrons. The number of aromatic nitrogens is 1. The molecule has 0 atom stereocenters. The summed E-state index contributed by atoms with van der Waals surface area (Å²) in [6, 6.07) is 2.11. The Balaban J connectivity index is 2.65. The summed E-state index contributed by atoms with van der Waals surface area (Å²) < 4.78 is 5.76. The molecule has 1 aliphatic rings. The molecule has 0 aromatic carbocycles. The van der Waals surface area contributed by atoms with Crippen LogP contribution in [0, 0.1) is 5.92 Å². The highest BCUT2D eigenvalue weighted by molar-refractivity contribution is 5.74. The van der Waals surface area contributed by atoms with Gasteiger partial charge in [-0.05, 0) is 35.1 Å². The van der Waals surface area contributed by atoms with Crippen LogP contribution in [0.4, 0.5) is 0 Å². The monoisotopic (exact) mass is 243 g/mol. The Kier molecular flexibility index (Phi) is 3.85. The first-order valence-electron chi connectivity index (χ1n) is 6.60. The standard InChI is InChI=1S/C16H21NO/c1-11(2)13-7-5-6-10-18-16-15(13)14(12(3)4)8-9-17-16/h5-9,11-12H,10H2,1-4H3/b6-5-,13-7-. The van der Waals surface area contributed by atoms with E-state index in [0.717, 1.165) is 5.88 Å². The van der Waals surface area contributed by atoms with Gasteiger partial charge in [0.2, 0.25) is 5.88 Å². The van der Waals surface area contributed by atoms with Crippen molar-refractivity contribution in [2.24, 2.45) is 5.92 Å². The molecule has 1 aliphatic heterocycles. The molecule has 0 amide bonds. The van der Waals surface area contributed by atoms with Crippen LogP contribution in [0.5, 0.6) is 5.88 Å². The molecule has 2 rings (SSSR count). The summed E-state index contributed by atoms with van der Waals surface area (Å²) in [5.74, 6) is 1.69. The number of ether oxygens (including phenoxy) is 1. The van der Waals surface area contributed by atoms with Gasteiger partial charge in [-0.2, -0.15) is 0 Å². The van der Waals surface area contributed by atoms with Gasteiger partial charge in [-0.1, -0.05) is 39.8 Å². The SMILES string of the molecule is CC(C)/C1=C/C=C\COc2nccc(C(C)C)c21. The number of allylic oxidation sites excluding steroid dienone is 3. The number of nitrogens with zero attached hydrogens (tertiary/aromatic N) is 1. The van der Waals surface area contributed by atoms with Gasteiger partial charge >= 0.3 is 0 Å². The molecule has 0 saturated carbocycles. The maximum atomic E-state index is 5.76. The smallest absolute Gasteiger partial charge is 0.221 e. The van der Waals surface area contributed by atoms with Gasteiger partial charge < -0.3 is 4.74 Å². The maximum Gasteiger partial charge on any atom is 0.221 e. The average Bonchev–Trinajstić information content (AvgIpc) is 2.28. The zero-order valence-corrected chi connectivity index (χ0v) is 11.6. The Hall–Kier alpha value is -1.57. The number of fused-ring (bicyclic) bond motifs is 1. The molecule has 18 heavy (non-hydrogen) atoms. The lowest BCUT2D eigenvalue weighted by Crippen LogP contribution is -2.08. The fraction of sp³-hybridized carbons (Fsp3) is 0.438. The highest BCUT2D eigenvalue weighted by Gasteiger charge is 2.19. The van der Waals surface area contributed by atoms with E-state index in [2.05, 4.69) is 50.9 Å². The van der Waals surface area contributed by atoms with Crippen LogP contribution in [0.2, 0.25) is 0 Å². The van der Waals surface area contributed by atoms with Crippen LogP contribution in [0.25, 0.3) is 5.57 Å². The molecule has 0 unspecified atom stereocenters. The van der Waals surface area contributed by atoms with Crippen LogP contribution < -0.4 is 4.74 Å². The molecule has 0 spiro atoms. The molecule has 2 heterocycles. The largest absolute Gasteiger partial charge is 0.473 e. The molecular formula is C16H21NO. The van der Waals surface area contributed by atoms with Gasteiger partial charge in [0.25, 0.3) is 0 Å². The van der Waals surface area contributed by atoms with E-state index in [9.17, 15) is 0 Å². The molecular weight excluding hydrogens is 222 g/mol. The third-order valence-corrected chi connectivity index (χ3v) is 3.21. The van der Waals surface area contributed by atoms with Crippen molar-refractivity contribution in [3.63, 3.8) is 0 Å². The van der Waals surface area contributed by atoms with E-state index in [4.69, 9.17) is 4.74 Å². The summed E-state index contributed by atoms with van der Waals surface area (Å²) in [6.07, 6.45) is 8.14. The van der Waals surface area contributed by atoms with Gasteiger partial charge in [-0.3, -0.25) is 0 Å². The third kappa shape index (κ3) is 2.47. The van der Waals surface area contributed by atoms with Crippen LogP contribution >= 0.6 is 0 Å². The van der Waals surface area contributed by atoms with Crippen molar-refractivity contribution in [3.05, 3.63) is 41.6 Å². The Labute approximate surface area is 109 Å². The summed E-state index contributed by atoms with van der Waals surface area (Å²) in [6.45, 7) is 9.43. The van der Waals surface area contributed by atoms with E-state index < -0.39 is 0 Å². The number of rotatable bonds is 2. The van der Waals surface area contributed by atoms with Crippen molar-refractivity contribution >= 4 is 5.57 Å². The number of hydrogen-bond donors (Lipinski definition) is 0. The van der Waals surface area contributed by atoms with Gasteiger partial charge in [-0.25, -0.2) is 4.98 Å². The summed E-state index contributed by atoms with van der Waals surface area (Å²) in [5, 5.41) is 0. The fourth-order valence-corrected chi connectivity index (χ4v) is 2.26. The molecule has 96 valence electrons. The molecule has 1 aromatic rings. The van der Waals surface area contributed by atoms with Gasteiger partial charge in [-0.15, -0.1) is 0 Å². The van der Waals surface area contributed by atoms with Crippen LogP contribution in [-0.4, -0.2) is 11.6 Å². The fourth-order valence-electron chi connectivity index (χ4n) is 2.26. The Morgan fingerprint density at radius 3 is 2.61 bits per heavy atom. The first-order chi connectivity index (χ1) is 8.61. The summed E-state index contributed by atoms with van der Waals surface area (Å²) in [4.78, 5) is 4.40. The maximum absolute atomic E-state index is 5.76. The lowest BCUT2D eigenvalue weighted by molar-refractivity contribution is 0.345. The van der Waals surface area contributed by atoms with E-state index in [1.54, 1.807) is 0 Å². The van der Waals surface area contributed by atoms with Crippen LogP contribution in [0.15, 0.2) is 30.5 Å². The van der Waals surface area contributed by atoms with E-state index in [-0.39, 0.29) is 0 Å². The van der Waals surface area contributed by atoms with Crippen molar-refractivity contribution in [1.82, 2.24) is 4.98 Å². The zero-order valence-electron chi connectivity index (χ0n) is 11.6. The first-order valence-corrected chi connectivity index (χ1v) is 6.60. The molecule has 0 bridgehead atoms. The summed E-state index contributed by atoms with van der Waals surface area (Å²) in [7, 11) is 0.